The van der Waals surface area contributed by atoms with Crippen molar-refractivity contribution in [1.82, 2.24) is 0 Å². The zero-order chi connectivity index (χ0) is 4.78. The Kier molecular flexibility index (Phi) is 0.431. The van der Waals surface area contributed by atoms with Crippen LogP contribution in [0.15, 0.2) is 0 Å². The fraction of sp³-hybridized carbons (Fsp3) is 0.800. The first kappa shape index (κ1) is 3.85. The standard InChI is InChI=1S/C5H9N/c1-5(2)3-4(5)6/h6H,3H2,1-2H3. The lowest BCUT2D eigenvalue weighted by Gasteiger charge is -1.85. The Bertz CT molecular complexity index is 92.1. The Hall–Kier alpha value is -0.330. The van der Waals surface area contributed by atoms with Crippen molar-refractivity contribution >= 4 is 5.71 Å². The molecule has 0 atom stereocenters. The van der Waals surface area contributed by atoms with E-state index in [4.69, 9.17) is 5.41 Å². The van der Waals surface area contributed by atoms with Crippen LogP contribution < -0.4 is 0 Å². The first-order valence-corrected chi connectivity index (χ1v) is 2.21. The van der Waals surface area contributed by atoms with E-state index < -0.39 is 0 Å². The van der Waals surface area contributed by atoms with Crippen LogP contribution in [0.3, 0.4) is 0 Å². The molecule has 1 saturated carbocycles. The van der Waals surface area contributed by atoms with Gasteiger partial charge in [-0.3, -0.25) is 0 Å². The third-order valence-corrected chi connectivity index (χ3v) is 1.31. The highest BCUT2D eigenvalue weighted by Gasteiger charge is 2.39. The van der Waals surface area contributed by atoms with Crippen LogP contribution in [0.4, 0.5) is 0 Å². The van der Waals surface area contributed by atoms with Gasteiger partial charge in [0.15, 0.2) is 0 Å². The molecule has 0 aliphatic heterocycles. The van der Waals surface area contributed by atoms with Gasteiger partial charge in [-0.2, -0.15) is 0 Å². The Morgan fingerprint density at radius 3 is 1.83 bits per heavy atom. The van der Waals surface area contributed by atoms with E-state index in [1.54, 1.807) is 0 Å². The molecule has 0 spiro atoms. The summed E-state index contributed by atoms with van der Waals surface area (Å²) in [5.74, 6) is 0. The summed E-state index contributed by atoms with van der Waals surface area (Å²) >= 11 is 0. The average Bonchev–Trinajstić information content (AvgIpc) is 1.73. The summed E-state index contributed by atoms with van der Waals surface area (Å²) in [6.45, 7) is 4.19. The highest BCUT2D eigenvalue weighted by atomic mass is 14.6. The summed E-state index contributed by atoms with van der Waals surface area (Å²) in [7, 11) is 0. The van der Waals surface area contributed by atoms with Crippen molar-refractivity contribution in [3.63, 3.8) is 0 Å². The molecule has 0 radical (unpaired) electrons. The van der Waals surface area contributed by atoms with E-state index in [9.17, 15) is 0 Å². The Morgan fingerprint density at radius 2 is 1.83 bits per heavy atom. The van der Waals surface area contributed by atoms with E-state index in [2.05, 4.69) is 13.8 Å². The van der Waals surface area contributed by atoms with Crippen LogP contribution in [0, 0.1) is 10.8 Å². The third-order valence-electron chi connectivity index (χ3n) is 1.31. The van der Waals surface area contributed by atoms with Gasteiger partial charge in [0.25, 0.3) is 0 Å². The summed E-state index contributed by atoms with van der Waals surface area (Å²) in [6, 6.07) is 0. The Morgan fingerprint density at radius 1 is 1.67 bits per heavy atom. The number of rotatable bonds is 0. The van der Waals surface area contributed by atoms with Crippen molar-refractivity contribution in [3.8, 4) is 0 Å². The van der Waals surface area contributed by atoms with Crippen molar-refractivity contribution in [2.45, 2.75) is 20.3 Å². The molecule has 0 unspecified atom stereocenters. The van der Waals surface area contributed by atoms with Crippen molar-refractivity contribution in [2.75, 3.05) is 0 Å². The molecule has 34 valence electrons. The van der Waals surface area contributed by atoms with Crippen LogP contribution in [0.25, 0.3) is 0 Å². The van der Waals surface area contributed by atoms with Gasteiger partial charge < -0.3 is 5.41 Å². The first-order chi connectivity index (χ1) is 2.63. The van der Waals surface area contributed by atoms with Crippen molar-refractivity contribution in [3.05, 3.63) is 0 Å². The summed E-state index contributed by atoms with van der Waals surface area (Å²) < 4.78 is 0. The fourth-order valence-electron chi connectivity index (χ4n) is 0.398. The van der Waals surface area contributed by atoms with Gasteiger partial charge in [0.05, 0.1) is 0 Å². The van der Waals surface area contributed by atoms with Gasteiger partial charge in [0.2, 0.25) is 0 Å². The minimum atomic E-state index is 0.292. The van der Waals surface area contributed by atoms with E-state index in [-0.39, 0.29) is 0 Å². The maximum absolute atomic E-state index is 7.01. The zero-order valence-electron chi connectivity index (χ0n) is 4.21. The van der Waals surface area contributed by atoms with Gasteiger partial charge in [-0.15, -0.1) is 0 Å². The highest BCUT2D eigenvalue weighted by molar-refractivity contribution is 6.02. The molecule has 1 nitrogen and oxygen atoms in total. The van der Waals surface area contributed by atoms with Gasteiger partial charge in [-0.1, -0.05) is 13.8 Å². The molecule has 1 N–H and O–H groups in total. The molecule has 0 aromatic heterocycles. The van der Waals surface area contributed by atoms with Gasteiger partial charge >= 0.3 is 0 Å². The molecule has 1 fully saturated rings. The second kappa shape index (κ2) is 0.673. The molecular weight excluding hydrogens is 74.1 g/mol. The van der Waals surface area contributed by atoms with Crippen LogP contribution in [-0.4, -0.2) is 5.71 Å². The second-order valence-corrected chi connectivity index (χ2v) is 2.54. The summed E-state index contributed by atoms with van der Waals surface area (Å²) in [6.07, 6.45) is 1.02. The van der Waals surface area contributed by atoms with Gasteiger partial charge in [0, 0.05) is 11.1 Å². The number of hydrogen-bond acceptors (Lipinski definition) is 1. The smallest absolute Gasteiger partial charge is 0.0158 e. The Balaban J connectivity index is 2.63. The molecule has 0 aromatic rings. The summed E-state index contributed by atoms with van der Waals surface area (Å²) in [5.41, 5.74) is 1.20. The minimum Gasteiger partial charge on any atom is -0.309 e. The maximum Gasteiger partial charge on any atom is 0.0158 e. The predicted octanol–water partition coefficient (Wildman–Crippen LogP) is 1.44. The van der Waals surface area contributed by atoms with E-state index in [1.807, 2.05) is 0 Å². The molecular formula is C5H9N. The van der Waals surface area contributed by atoms with Gasteiger partial charge in [0.1, 0.15) is 0 Å². The number of nitrogens with one attached hydrogen (secondary N) is 1. The lowest BCUT2D eigenvalue weighted by atomic mass is 10.2. The monoisotopic (exact) mass is 83.1 g/mol. The van der Waals surface area contributed by atoms with Crippen molar-refractivity contribution in [2.24, 2.45) is 5.41 Å². The highest BCUT2D eigenvalue weighted by Crippen LogP contribution is 2.39. The molecule has 1 heteroatoms. The van der Waals surface area contributed by atoms with E-state index in [0.717, 1.165) is 12.1 Å². The molecule has 1 rings (SSSR count). The topological polar surface area (TPSA) is 23.9 Å². The fourth-order valence-corrected chi connectivity index (χ4v) is 0.398. The van der Waals surface area contributed by atoms with Crippen LogP contribution in [0.5, 0.6) is 0 Å². The number of hydrogen-bond donors (Lipinski definition) is 1. The molecule has 1 aliphatic carbocycles. The quantitative estimate of drug-likeness (QED) is 0.458. The zero-order valence-corrected chi connectivity index (χ0v) is 4.21. The molecule has 1 aliphatic rings. The SMILES string of the molecule is CC1(C)CC1=N. The Labute approximate surface area is 37.9 Å². The first-order valence-electron chi connectivity index (χ1n) is 2.21. The van der Waals surface area contributed by atoms with Crippen LogP contribution in [0.1, 0.15) is 20.3 Å². The van der Waals surface area contributed by atoms with E-state index in [0.29, 0.717) is 5.41 Å². The van der Waals surface area contributed by atoms with Crippen LogP contribution in [-0.2, 0) is 0 Å². The van der Waals surface area contributed by atoms with Crippen LogP contribution in [0.2, 0.25) is 0 Å². The summed E-state index contributed by atoms with van der Waals surface area (Å²) in [5, 5.41) is 7.01. The summed E-state index contributed by atoms with van der Waals surface area (Å²) in [4.78, 5) is 0. The molecule has 6 heavy (non-hydrogen) atoms. The van der Waals surface area contributed by atoms with E-state index in [1.165, 1.54) is 0 Å². The van der Waals surface area contributed by atoms with Crippen molar-refractivity contribution < 1.29 is 0 Å². The predicted molar refractivity (Wildman–Crippen MR) is 26.1 cm³/mol. The largest absolute Gasteiger partial charge is 0.309 e. The van der Waals surface area contributed by atoms with Crippen molar-refractivity contribution in [1.29, 1.82) is 5.41 Å². The normalized spacial score (nSPS) is 27.3. The molecule has 0 heterocycles. The minimum absolute atomic E-state index is 0.292. The molecule has 0 amide bonds. The van der Waals surface area contributed by atoms with E-state index >= 15 is 0 Å². The second-order valence-electron chi connectivity index (χ2n) is 2.54. The third kappa shape index (κ3) is 0.348. The molecule has 0 saturated heterocycles. The molecule has 0 bridgehead atoms. The van der Waals surface area contributed by atoms with Crippen LogP contribution >= 0.6 is 0 Å². The lowest BCUT2D eigenvalue weighted by molar-refractivity contribution is 0.706. The maximum atomic E-state index is 7.01. The average molecular weight is 83.1 g/mol. The van der Waals surface area contributed by atoms with Gasteiger partial charge in [-0.25, -0.2) is 0 Å². The lowest BCUT2D eigenvalue weighted by Crippen LogP contribution is -1.83. The van der Waals surface area contributed by atoms with Gasteiger partial charge in [-0.05, 0) is 6.42 Å². The molecule has 0 aromatic carbocycles.